The first kappa shape index (κ1) is 20.5. The van der Waals surface area contributed by atoms with Crippen molar-refractivity contribution in [2.24, 2.45) is 4.99 Å². The highest BCUT2D eigenvalue weighted by Crippen LogP contribution is 2.27. The molecule has 1 aromatic rings. The number of likely N-dealkylation sites (N-methyl/N-ethyl adjacent to an activating group) is 1. The molecule has 0 unspecified atom stereocenters. The van der Waals surface area contributed by atoms with Crippen LogP contribution in [0.2, 0.25) is 0 Å². The van der Waals surface area contributed by atoms with E-state index < -0.39 is 0 Å². The molecule has 6 heteroatoms. The summed E-state index contributed by atoms with van der Waals surface area (Å²) in [6, 6.07) is 4.22. The van der Waals surface area contributed by atoms with E-state index in [1.165, 1.54) is 4.88 Å². The van der Waals surface area contributed by atoms with Gasteiger partial charge in [0.15, 0.2) is 5.96 Å². The summed E-state index contributed by atoms with van der Waals surface area (Å²) < 4.78 is 0. The van der Waals surface area contributed by atoms with E-state index in [-0.39, 0.29) is 23.4 Å². The molecule has 0 aromatic carbocycles. The Morgan fingerprint density at radius 2 is 1.96 bits per heavy atom. The minimum absolute atomic E-state index is 0.00637. The summed E-state index contributed by atoms with van der Waals surface area (Å²) in [6.07, 6.45) is 0. The predicted molar refractivity (Wildman–Crippen MR) is 104 cm³/mol. The van der Waals surface area contributed by atoms with E-state index in [0.717, 1.165) is 12.5 Å². The fraction of sp³-hybridized carbons (Fsp3) is 0.667. The summed E-state index contributed by atoms with van der Waals surface area (Å²) >= 11 is 1.75. The maximum absolute atomic E-state index is 12.1. The van der Waals surface area contributed by atoms with Crippen molar-refractivity contribution in [1.29, 1.82) is 0 Å². The number of carbonyl (C=O) groups excluding carboxylic acids is 1. The second kappa shape index (κ2) is 8.51. The molecule has 1 amide bonds. The number of hydrogen-bond donors (Lipinski definition) is 2. The van der Waals surface area contributed by atoms with E-state index in [4.69, 9.17) is 4.99 Å². The molecule has 1 rings (SSSR count). The maximum Gasteiger partial charge on any atom is 0.240 e. The third kappa shape index (κ3) is 6.91. The van der Waals surface area contributed by atoms with E-state index in [2.05, 4.69) is 42.0 Å². The van der Waals surface area contributed by atoms with Crippen LogP contribution in [0.4, 0.5) is 0 Å². The Morgan fingerprint density at radius 3 is 2.46 bits per heavy atom. The van der Waals surface area contributed by atoms with E-state index >= 15 is 0 Å². The van der Waals surface area contributed by atoms with Gasteiger partial charge in [0.05, 0.1) is 13.1 Å². The Hall–Kier alpha value is -1.56. The first-order chi connectivity index (χ1) is 11.0. The van der Waals surface area contributed by atoms with Crippen molar-refractivity contribution in [3.63, 3.8) is 0 Å². The van der Waals surface area contributed by atoms with E-state index in [0.29, 0.717) is 6.54 Å². The molecule has 0 spiro atoms. The molecule has 0 saturated carbocycles. The summed E-state index contributed by atoms with van der Waals surface area (Å²) in [6.45, 7) is 14.1. The van der Waals surface area contributed by atoms with Crippen LogP contribution in [0.1, 0.15) is 46.4 Å². The molecule has 0 saturated heterocycles. The molecule has 136 valence electrons. The van der Waals surface area contributed by atoms with Crippen LogP contribution in [0, 0.1) is 0 Å². The number of guanidine groups is 1. The number of rotatable bonds is 6. The molecule has 0 radical (unpaired) electrons. The summed E-state index contributed by atoms with van der Waals surface area (Å²) in [5.74, 6) is 0.749. The van der Waals surface area contributed by atoms with Gasteiger partial charge >= 0.3 is 0 Å². The Labute approximate surface area is 150 Å². The molecule has 2 N–H and O–H groups in total. The van der Waals surface area contributed by atoms with Crippen molar-refractivity contribution in [3.05, 3.63) is 22.4 Å². The minimum atomic E-state index is -0.228. The summed E-state index contributed by atoms with van der Waals surface area (Å²) in [7, 11) is 1.89. The zero-order valence-corrected chi connectivity index (χ0v) is 16.9. The normalized spacial score (nSPS) is 12.9. The topological polar surface area (TPSA) is 56.7 Å². The number of thiophene rings is 1. The monoisotopic (exact) mass is 352 g/mol. The first-order valence-electron chi connectivity index (χ1n) is 8.39. The lowest BCUT2D eigenvalue weighted by atomic mass is 9.92. The molecule has 0 aliphatic heterocycles. The van der Waals surface area contributed by atoms with Crippen molar-refractivity contribution < 1.29 is 4.79 Å². The Morgan fingerprint density at radius 1 is 1.29 bits per heavy atom. The van der Waals surface area contributed by atoms with E-state index in [9.17, 15) is 4.79 Å². The standard InChI is InChI=1S/C18H32N4OS/c1-8-19-16(22(7)12-15(23)21-17(2,3)4)20-13-18(5,6)14-10-9-11-24-14/h9-11H,8,12-13H2,1-7H3,(H,19,20)(H,21,23). The highest BCUT2D eigenvalue weighted by atomic mass is 32.1. The first-order valence-corrected chi connectivity index (χ1v) is 9.27. The fourth-order valence-corrected chi connectivity index (χ4v) is 3.08. The number of carbonyl (C=O) groups is 1. The second-order valence-electron chi connectivity index (χ2n) is 7.69. The van der Waals surface area contributed by atoms with Crippen LogP contribution in [-0.4, -0.2) is 49.0 Å². The minimum Gasteiger partial charge on any atom is -0.357 e. The van der Waals surface area contributed by atoms with Crippen molar-refractivity contribution in [3.8, 4) is 0 Å². The molecule has 5 nitrogen and oxygen atoms in total. The Balaban J connectivity index is 2.76. The van der Waals surface area contributed by atoms with Gasteiger partial charge in [0.25, 0.3) is 0 Å². The molecule has 1 aromatic heterocycles. The third-order valence-corrected chi connectivity index (χ3v) is 4.64. The van der Waals surface area contributed by atoms with Crippen LogP contribution in [-0.2, 0) is 10.2 Å². The van der Waals surface area contributed by atoms with E-state index in [1.54, 1.807) is 11.3 Å². The van der Waals surface area contributed by atoms with Crippen LogP contribution >= 0.6 is 11.3 Å². The molecule has 0 aliphatic carbocycles. The lowest BCUT2D eigenvalue weighted by Gasteiger charge is -2.27. The summed E-state index contributed by atoms with van der Waals surface area (Å²) in [4.78, 5) is 20.1. The van der Waals surface area contributed by atoms with Gasteiger partial charge in [0.2, 0.25) is 5.91 Å². The van der Waals surface area contributed by atoms with Gasteiger partial charge in [-0.1, -0.05) is 19.9 Å². The number of aliphatic imine (C=N–C) groups is 1. The van der Waals surface area contributed by atoms with Gasteiger partial charge in [-0.25, -0.2) is 0 Å². The average Bonchev–Trinajstić information content (AvgIpc) is 2.95. The molecule has 24 heavy (non-hydrogen) atoms. The third-order valence-electron chi connectivity index (χ3n) is 3.40. The van der Waals surface area contributed by atoms with Crippen LogP contribution in [0.3, 0.4) is 0 Å². The maximum atomic E-state index is 12.1. The van der Waals surface area contributed by atoms with Crippen molar-refractivity contribution in [1.82, 2.24) is 15.5 Å². The van der Waals surface area contributed by atoms with Crippen molar-refractivity contribution in [2.45, 2.75) is 52.5 Å². The molecule has 0 aliphatic rings. The van der Waals surface area contributed by atoms with Crippen LogP contribution < -0.4 is 10.6 Å². The largest absolute Gasteiger partial charge is 0.357 e. The lowest BCUT2D eigenvalue weighted by molar-refractivity contribution is -0.122. The highest BCUT2D eigenvalue weighted by Gasteiger charge is 2.22. The molecule has 0 fully saturated rings. The quantitative estimate of drug-likeness (QED) is 0.611. The number of nitrogens with one attached hydrogen (secondary N) is 2. The van der Waals surface area contributed by atoms with E-state index in [1.807, 2.05) is 39.6 Å². The van der Waals surface area contributed by atoms with Crippen molar-refractivity contribution in [2.75, 3.05) is 26.7 Å². The van der Waals surface area contributed by atoms with Gasteiger partial charge in [-0.3, -0.25) is 9.79 Å². The summed E-state index contributed by atoms with van der Waals surface area (Å²) in [5, 5.41) is 8.34. The SMILES string of the molecule is CCNC(=NCC(C)(C)c1cccs1)N(C)CC(=O)NC(C)(C)C. The fourth-order valence-electron chi connectivity index (χ4n) is 2.23. The molecular weight excluding hydrogens is 320 g/mol. The van der Waals surface area contributed by atoms with Gasteiger partial charge in [0.1, 0.15) is 0 Å². The smallest absolute Gasteiger partial charge is 0.240 e. The van der Waals surface area contributed by atoms with Gasteiger partial charge in [-0.05, 0) is 39.1 Å². The van der Waals surface area contributed by atoms with Gasteiger partial charge in [-0.2, -0.15) is 0 Å². The van der Waals surface area contributed by atoms with Crippen LogP contribution in [0.25, 0.3) is 0 Å². The number of nitrogens with zero attached hydrogens (tertiary/aromatic N) is 2. The van der Waals surface area contributed by atoms with Crippen molar-refractivity contribution >= 4 is 23.2 Å². The zero-order chi connectivity index (χ0) is 18.4. The number of amides is 1. The second-order valence-corrected chi connectivity index (χ2v) is 8.63. The average molecular weight is 353 g/mol. The Bertz CT molecular complexity index is 544. The van der Waals surface area contributed by atoms with Crippen LogP contribution in [0.15, 0.2) is 22.5 Å². The van der Waals surface area contributed by atoms with Gasteiger partial charge in [-0.15, -0.1) is 11.3 Å². The number of hydrogen-bond acceptors (Lipinski definition) is 3. The highest BCUT2D eigenvalue weighted by molar-refractivity contribution is 7.10. The Kier molecular flexibility index (Phi) is 7.27. The molecular formula is C18H32N4OS. The van der Waals surface area contributed by atoms with Gasteiger partial charge in [0, 0.05) is 29.4 Å². The van der Waals surface area contributed by atoms with Gasteiger partial charge < -0.3 is 15.5 Å². The molecule has 0 atom stereocenters. The molecule has 1 heterocycles. The zero-order valence-electron chi connectivity index (χ0n) is 16.1. The molecule has 0 bridgehead atoms. The summed E-state index contributed by atoms with van der Waals surface area (Å²) in [5.41, 5.74) is -0.252. The van der Waals surface area contributed by atoms with Crippen LogP contribution in [0.5, 0.6) is 0 Å². The predicted octanol–water partition coefficient (Wildman–Crippen LogP) is 2.84. The lowest BCUT2D eigenvalue weighted by Crippen LogP contribution is -2.49.